The van der Waals surface area contributed by atoms with Gasteiger partial charge in [-0.15, -0.1) is 0 Å². The second-order valence-electron chi connectivity index (χ2n) is 5.94. The van der Waals surface area contributed by atoms with Gasteiger partial charge >= 0.3 is 0 Å². The van der Waals surface area contributed by atoms with Crippen LogP contribution in [0.3, 0.4) is 0 Å². The highest BCUT2D eigenvalue weighted by Gasteiger charge is 2.42. The van der Waals surface area contributed by atoms with Gasteiger partial charge in [0.05, 0.1) is 10.4 Å². The van der Waals surface area contributed by atoms with Crippen LogP contribution in [0.2, 0.25) is 0 Å². The van der Waals surface area contributed by atoms with Gasteiger partial charge < -0.3 is 11.1 Å². The fourth-order valence-electron chi connectivity index (χ4n) is 2.40. The van der Waals surface area contributed by atoms with Gasteiger partial charge in [0.1, 0.15) is 0 Å². The summed E-state index contributed by atoms with van der Waals surface area (Å²) in [5.41, 5.74) is 5.26. The average molecular weight is 270 g/mol. The van der Waals surface area contributed by atoms with Gasteiger partial charge in [-0.1, -0.05) is 52.3 Å². The van der Waals surface area contributed by atoms with Crippen molar-refractivity contribution in [2.45, 2.75) is 52.9 Å². The highest BCUT2D eigenvalue weighted by Crippen LogP contribution is 2.37. The van der Waals surface area contributed by atoms with E-state index in [1.54, 1.807) is 0 Å². The first-order valence-electron chi connectivity index (χ1n) is 6.98. The summed E-state index contributed by atoms with van der Waals surface area (Å²) in [6.45, 7) is 7.20. The van der Waals surface area contributed by atoms with Crippen LogP contribution in [0.1, 0.15) is 52.9 Å². The summed E-state index contributed by atoms with van der Waals surface area (Å²) in [6, 6.07) is 0. The first-order chi connectivity index (χ1) is 8.40. The minimum absolute atomic E-state index is 0.0437. The number of thiocarbonyl (C=S) groups is 1. The molecule has 0 heterocycles. The molecule has 1 aliphatic rings. The van der Waals surface area contributed by atoms with Crippen molar-refractivity contribution < 1.29 is 4.79 Å². The molecule has 1 saturated carbocycles. The number of nitrogens with one attached hydrogen (secondary N) is 1. The second kappa shape index (κ2) is 6.50. The molecule has 1 amide bonds. The van der Waals surface area contributed by atoms with Crippen molar-refractivity contribution in [2.24, 2.45) is 23.0 Å². The van der Waals surface area contributed by atoms with Gasteiger partial charge in [-0.2, -0.15) is 0 Å². The molecule has 0 saturated heterocycles. The van der Waals surface area contributed by atoms with Gasteiger partial charge in [0, 0.05) is 6.54 Å². The minimum Gasteiger partial charge on any atom is -0.392 e. The van der Waals surface area contributed by atoms with Crippen molar-refractivity contribution in [3.05, 3.63) is 0 Å². The number of hydrogen-bond acceptors (Lipinski definition) is 2. The molecule has 1 atom stereocenters. The zero-order valence-corrected chi connectivity index (χ0v) is 12.6. The largest absolute Gasteiger partial charge is 0.392 e. The molecule has 0 bridgehead atoms. The molecule has 0 aliphatic heterocycles. The highest BCUT2D eigenvalue weighted by atomic mass is 32.1. The van der Waals surface area contributed by atoms with Crippen LogP contribution in [0.4, 0.5) is 0 Å². The van der Waals surface area contributed by atoms with Gasteiger partial charge in [-0.3, -0.25) is 4.79 Å². The van der Waals surface area contributed by atoms with Gasteiger partial charge in [-0.05, 0) is 24.7 Å². The summed E-state index contributed by atoms with van der Waals surface area (Å²) in [6.07, 6.45) is 4.89. The number of amides is 1. The van der Waals surface area contributed by atoms with E-state index >= 15 is 0 Å². The van der Waals surface area contributed by atoms with Crippen molar-refractivity contribution in [1.29, 1.82) is 0 Å². The van der Waals surface area contributed by atoms with Gasteiger partial charge in [-0.25, -0.2) is 0 Å². The molecular weight excluding hydrogens is 244 g/mol. The third-order valence-corrected chi connectivity index (χ3v) is 4.73. The van der Waals surface area contributed by atoms with Crippen molar-refractivity contribution in [1.82, 2.24) is 5.32 Å². The first kappa shape index (κ1) is 15.4. The summed E-state index contributed by atoms with van der Waals surface area (Å²) < 4.78 is 0. The summed E-state index contributed by atoms with van der Waals surface area (Å²) in [5, 5.41) is 3.05. The number of carbonyl (C=O) groups is 1. The molecule has 0 radical (unpaired) electrons. The summed E-state index contributed by atoms with van der Waals surface area (Å²) in [4.78, 5) is 12.8. The van der Waals surface area contributed by atoms with Gasteiger partial charge in [0.15, 0.2) is 0 Å². The van der Waals surface area contributed by atoms with Crippen molar-refractivity contribution in [3.8, 4) is 0 Å². The Kier molecular flexibility index (Phi) is 5.57. The van der Waals surface area contributed by atoms with Crippen molar-refractivity contribution in [3.63, 3.8) is 0 Å². The van der Waals surface area contributed by atoms with Crippen LogP contribution in [0, 0.1) is 17.3 Å². The third kappa shape index (κ3) is 3.44. The quantitative estimate of drug-likeness (QED) is 0.755. The predicted molar refractivity (Wildman–Crippen MR) is 79.3 cm³/mol. The molecular formula is C14H26N2OS. The zero-order valence-electron chi connectivity index (χ0n) is 11.8. The van der Waals surface area contributed by atoms with E-state index in [9.17, 15) is 4.79 Å². The lowest BCUT2D eigenvalue weighted by molar-refractivity contribution is -0.129. The maximum Gasteiger partial charge on any atom is 0.233 e. The second-order valence-corrected chi connectivity index (χ2v) is 6.38. The topological polar surface area (TPSA) is 55.1 Å². The van der Waals surface area contributed by atoms with Crippen LogP contribution in [0.15, 0.2) is 0 Å². The highest BCUT2D eigenvalue weighted by molar-refractivity contribution is 7.80. The van der Waals surface area contributed by atoms with E-state index in [0.29, 0.717) is 23.4 Å². The van der Waals surface area contributed by atoms with Crippen LogP contribution in [0.25, 0.3) is 0 Å². The van der Waals surface area contributed by atoms with Gasteiger partial charge in [0.25, 0.3) is 0 Å². The fraction of sp³-hybridized carbons (Fsp3) is 0.857. The van der Waals surface area contributed by atoms with Crippen LogP contribution < -0.4 is 11.1 Å². The monoisotopic (exact) mass is 270 g/mol. The number of hydrogen-bond donors (Lipinski definition) is 2. The molecule has 4 heteroatoms. The number of nitrogens with two attached hydrogens (primary N) is 1. The van der Waals surface area contributed by atoms with E-state index < -0.39 is 5.41 Å². The van der Waals surface area contributed by atoms with E-state index in [0.717, 1.165) is 25.7 Å². The molecule has 0 spiro atoms. The minimum atomic E-state index is -0.579. The smallest absolute Gasteiger partial charge is 0.233 e. The maximum absolute atomic E-state index is 12.4. The predicted octanol–water partition coefficient (Wildman–Crippen LogP) is 2.63. The van der Waals surface area contributed by atoms with Crippen LogP contribution in [-0.4, -0.2) is 17.4 Å². The first-order valence-corrected chi connectivity index (χ1v) is 7.39. The van der Waals surface area contributed by atoms with Crippen molar-refractivity contribution >= 4 is 23.1 Å². The molecule has 3 nitrogen and oxygen atoms in total. The maximum atomic E-state index is 12.4. The molecule has 1 aliphatic carbocycles. The van der Waals surface area contributed by atoms with E-state index in [1.807, 2.05) is 0 Å². The van der Waals surface area contributed by atoms with Crippen LogP contribution in [0.5, 0.6) is 0 Å². The Bertz CT molecular complexity index is 309. The normalized spacial score (nSPS) is 20.4. The Labute approximate surface area is 116 Å². The van der Waals surface area contributed by atoms with E-state index in [-0.39, 0.29) is 5.91 Å². The van der Waals surface area contributed by atoms with Crippen LogP contribution >= 0.6 is 12.2 Å². The summed E-state index contributed by atoms with van der Waals surface area (Å²) in [7, 11) is 0. The average Bonchev–Trinajstić information content (AvgIpc) is 2.35. The Morgan fingerprint density at radius 3 is 2.28 bits per heavy atom. The Morgan fingerprint density at radius 2 is 1.83 bits per heavy atom. The van der Waals surface area contributed by atoms with Crippen molar-refractivity contribution in [2.75, 3.05) is 6.54 Å². The van der Waals surface area contributed by atoms with Gasteiger partial charge in [0.2, 0.25) is 5.91 Å². The standard InChI is InChI=1S/C14H26N2OS/c1-10(2)11(3)9-16-13(17)14(12(15)18)7-5-4-6-8-14/h10-11H,4-9H2,1-3H3,(H2,15,18)(H,16,17). The SMILES string of the molecule is CC(C)C(C)CNC(=O)C1(C(N)=S)CCCCC1. The van der Waals surface area contributed by atoms with E-state index in [4.69, 9.17) is 18.0 Å². The molecule has 1 rings (SSSR count). The molecule has 18 heavy (non-hydrogen) atoms. The zero-order chi connectivity index (χ0) is 13.8. The Morgan fingerprint density at radius 1 is 1.28 bits per heavy atom. The summed E-state index contributed by atoms with van der Waals surface area (Å²) in [5.74, 6) is 1.08. The molecule has 1 fully saturated rings. The molecule has 0 aromatic heterocycles. The van der Waals surface area contributed by atoms with Crippen LogP contribution in [-0.2, 0) is 4.79 Å². The molecule has 104 valence electrons. The molecule has 0 aromatic rings. The van der Waals surface area contributed by atoms with E-state index in [1.165, 1.54) is 6.42 Å². The molecule has 1 unspecified atom stereocenters. The third-order valence-electron chi connectivity index (χ3n) is 4.34. The van der Waals surface area contributed by atoms with E-state index in [2.05, 4.69) is 26.1 Å². The lowest BCUT2D eigenvalue weighted by atomic mass is 9.73. The number of carbonyl (C=O) groups excluding carboxylic acids is 1. The lowest BCUT2D eigenvalue weighted by Gasteiger charge is -2.35. The lowest BCUT2D eigenvalue weighted by Crippen LogP contribution is -2.50. The Hall–Kier alpha value is -0.640. The molecule has 0 aromatic carbocycles. The number of rotatable bonds is 5. The molecule has 3 N–H and O–H groups in total. The summed E-state index contributed by atoms with van der Waals surface area (Å²) >= 11 is 5.15. The fourth-order valence-corrected chi connectivity index (χ4v) is 2.70. The Balaban J connectivity index is 2.63.